The van der Waals surface area contributed by atoms with Gasteiger partial charge in [0.25, 0.3) is 5.56 Å². The molecule has 1 aromatic heterocycles. The minimum Gasteiger partial charge on any atom is -0.267 e. The highest BCUT2D eigenvalue weighted by molar-refractivity contribution is 5.37. The maximum Gasteiger partial charge on any atom is 0.272 e. The molecule has 0 N–H and O–H groups in total. The Morgan fingerprint density at radius 2 is 1.89 bits per heavy atom. The first-order valence-corrected chi connectivity index (χ1v) is 6.14. The molecule has 4 nitrogen and oxygen atoms in total. The van der Waals surface area contributed by atoms with Crippen molar-refractivity contribution < 1.29 is 0 Å². The minimum atomic E-state index is -0.292. The maximum atomic E-state index is 11.9. The van der Waals surface area contributed by atoms with Crippen LogP contribution in [0.5, 0.6) is 0 Å². The van der Waals surface area contributed by atoms with E-state index in [-0.39, 0.29) is 5.56 Å². The van der Waals surface area contributed by atoms with Crippen LogP contribution in [-0.4, -0.2) is 9.78 Å². The highest BCUT2D eigenvalue weighted by atomic mass is 16.1. The molecule has 96 valence electrons. The van der Waals surface area contributed by atoms with Crippen LogP contribution < -0.4 is 5.56 Å². The van der Waals surface area contributed by atoms with E-state index in [2.05, 4.69) is 18.9 Å². The Labute approximate surface area is 111 Å². The average Bonchev–Trinajstić information content (AvgIpc) is 2.41. The van der Waals surface area contributed by atoms with Gasteiger partial charge in [0, 0.05) is 6.07 Å². The summed E-state index contributed by atoms with van der Waals surface area (Å²) in [5.74, 6) is 0.446. The molecule has 0 saturated heterocycles. The summed E-state index contributed by atoms with van der Waals surface area (Å²) in [7, 11) is 0. The summed E-state index contributed by atoms with van der Waals surface area (Å²) in [6.07, 6.45) is 0. The SMILES string of the molecule is Cc1nn(-c2ccc(C(C)C)cc2)c(=O)cc1C#N. The lowest BCUT2D eigenvalue weighted by atomic mass is 10.0. The van der Waals surface area contributed by atoms with Crippen LogP contribution in [0.3, 0.4) is 0 Å². The number of aromatic nitrogens is 2. The molecule has 1 aromatic carbocycles. The van der Waals surface area contributed by atoms with Crippen LogP contribution in [0.25, 0.3) is 5.69 Å². The third kappa shape index (κ3) is 2.55. The van der Waals surface area contributed by atoms with Crippen LogP contribution in [0.2, 0.25) is 0 Å². The molecule has 0 fully saturated rings. The van der Waals surface area contributed by atoms with Gasteiger partial charge in [-0.25, -0.2) is 0 Å². The Hall–Kier alpha value is -2.41. The van der Waals surface area contributed by atoms with Gasteiger partial charge >= 0.3 is 0 Å². The number of nitrogens with zero attached hydrogens (tertiary/aromatic N) is 3. The molecule has 2 aromatic rings. The van der Waals surface area contributed by atoms with Gasteiger partial charge in [-0.3, -0.25) is 4.79 Å². The first-order valence-electron chi connectivity index (χ1n) is 6.14. The van der Waals surface area contributed by atoms with E-state index < -0.39 is 0 Å². The second-order valence-electron chi connectivity index (χ2n) is 4.75. The van der Waals surface area contributed by atoms with Gasteiger partial charge in [0.2, 0.25) is 0 Å². The van der Waals surface area contributed by atoms with E-state index in [1.54, 1.807) is 6.92 Å². The Morgan fingerprint density at radius 3 is 2.42 bits per heavy atom. The lowest BCUT2D eigenvalue weighted by Crippen LogP contribution is -2.22. The highest BCUT2D eigenvalue weighted by Crippen LogP contribution is 2.15. The van der Waals surface area contributed by atoms with Crippen molar-refractivity contribution in [3.63, 3.8) is 0 Å². The summed E-state index contributed by atoms with van der Waals surface area (Å²) < 4.78 is 1.32. The molecule has 1 heterocycles. The van der Waals surface area contributed by atoms with Crippen LogP contribution in [0.1, 0.15) is 36.6 Å². The molecule has 0 spiro atoms. The van der Waals surface area contributed by atoms with Crippen molar-refractivity contribution in [1.82, 2.24) is 9.78 Å². The number of hydrogen-bond donors (Lipinski definition) is 0. The summed E-state index contributed by atoms with van der Waals surface area (Å²) in [6.45, 7) is 5.95. The van der Waals surface area contributed by atoms with Crippen LogP contribution in [0.4, 0.5) is 0 Å². The van der Waals surface area contributed by atoms with Gasteiger partial charge in [-0.05, 0) is 30.5 Å². The molecule has 0 amide bonds. The summed E-state index contributed by atoms with van der Waals surface area (Å²) >= 11 is 0. The fraction of sp³-hybridized carbons (Fsp3) is 0.267. The summed E-state index contributed by atoms with van der Waals surface area (Å²) in [5, 5.41) is 13.0. The van der Waals surface area contributed by atoms with E-state index in [1.165, 1.54) is 16.3 Å². The predicted molar refractivity (Wildman–Crippen MR) is 73.4 cm³/mol. The molecule has 19 heavy (non-hydrogen) atoms. The number of rotatable bonds is 2. The zero-order chi connectivity index (χ0) is 14.0. The molecule has 0 aliphatic carbocycles. The number of hydrogen-bond acceptors (Lipinski definition) is 3. The topological polar surface area (TPSA) is 58.7 Å². The monoisotopic (exact) mass is 253 g/mol. The molecule has 0 saturated carbocycles. The van der Waals surface area contributed by atoms with Crippen molar-refractivity contribution >= 4 is 0 Å². The van der Waals surface area contributed by atoms with Gasteiger partial charge in [-0.15, -0.1) is 0 Å². The molecule has 0 aliphatic heterocycles. The lowest BCUT2D eigenvalue weighted by molar-refractivity contribution is 0.779. The Bertz CT molecular complexity index is 691. The van der Waals surface area contributed by atoms with Gasteiger partial charge in [-0.1, -0.05) is 26.0 Å². The van der Waals surface area contributed by atoms with Gasteiger partial charge < -0.3 is 0 Å². The fourth-order valence-electron chi connectivity index (χ4n) is 1.84. The highest BCUT2D eigenvalue weighted by Gasteiger charge is 2.07. The van der Waals surface area contributed by atoms with Gasteiger partial charge in [0.15, 0.2) is 0 Å². The van der Waals surface area contributed by atoms with Gasteiger partial charge in [0.05, 0.1) is 16.9 Å². The second-order valence-corrected chi connectivity index (χ2v) is 4.75. The molecular weight excluding hydrogens is 238 g/mol. The van der Waals surface area contributed by atoms with E-state index in [1.807, 2.05) is 30.3 Å². The van der Waals surface area contributed by atoms with Crippen molar-refractivity contribution in [3.8, 4) is 11.8 Å². The molecule has 0 radical (unpaired) electrons. The van der Waals surface area contributed by atoms with Crippen molar-refractivity contribution in [1.29, 1.82) is 5.26 Å². The van der Waals surface area contributed by atoms with Crippen molar-refractivity contribution in [2.75, 3.05) is 0 Å². The van der Waals surface area contributed by atoms with Crippen molar-refractivity contribution in [2.45, 2.75) is 26.7 Å². The van der Waals surface area contributed by atoms with E-state index in [0.29, 0.717) is 22.9 Å². The normalized spacial score (nSPS) is 10.5. The fourth-order valence-corrected chi connectivity index (χ4v) is 1.84. The Morgan fingerprint density at radius 1 is 1.26 bits per heavy atom. The van der Waals surface area contributed by atoms with Crippen LogP contribution in [-0.2, 0) is 0 Å². The summed E-state index contributed by atoms with van der Waals surface area (Å²) in [6, 6.07) is 11.0. The Kier molecular flexibility index (Phi) is 3.48. The molecular formula is C15H15N3O. The molecule has 4 heteroatoms. The third-order valence-electron chi connectivity index (χ3n) is 3.04. The zero-order valence-electron chi connectivity index (χ0n) is 11.2. The molecule has 0 atom stereocenters. The van der Waals surface area contributed by atoms with E-state index in [9.17, 15) is 4.79 Å². The lowest BCUT2D eigenvalue weighted by Gasteiger charge is -2.09. The molecule has 0 unspecified atom stereocenters. The van der Waals surface area contributed by atoms with E-state index >= 15 is 0 Å². The van der Waals surface area contributed by atoms with Crippen LogP contribution in [0, 0.1) is 18.3 Å². The van der Waals surface area contributed by atoms with Crippen LogP contribution in [0.15, 0.2) is 35.1 Å². The summed E-state index contributed by atoms with van der Waals surface area (Å²) in [4.78, 5) is 11.9. The quantitative estimate of drug-likeness (QED) is 0.826. The number of benzene rings is 1. The van der Waals surface area contributed by atoms with Gasteiger partial charge in [-0.2, -0.15) is 15.0 Å². The average molecular weight is 253 g/mol. The van der Waals surface area contributed by atoms with Gasteiger partial charge in [0.1, 0.15) is 6.07 Å². The molecule has 0 aliphatic rings. The van der Waals surface area contributed by atoms with Crippen LogP contribution >= 0.6 is 0 Å². The number of nitriles is 1. The zero-order valence-corrected chi connectivity index (χ0v) is 11.2. The van der Waals surface area contributed by atoms with Crippen molar-refractivity contribution in [2.24, 2.45) is 0 Å². The largest absolute Gasteiger partial charge is 0.272 e. The number of aryl methyl sites for hydroxylation is 1. The smallest absolute Gasteiger partial charge is 0.267 e. The van der Waals surface area contributed by atoms with E-state index in [4.69, 9.17) is 5.26 Å². The standard InChI is InChI=1S/C15H15N3O/c1-10(2)12-4-6-14(7-5-12)18-15(19)8-13(9-16)11(3)17-18/h4-8,10H,1-3H3. The third-order valence-corrected chi connectivity index (χ3v) is 3.04. The minimum absolute atomic E-state index is 0.292. The molecule has 0 bridgehead atoms. The second kappa shape index (κ2) is 5.07. The van der Waals surface area contributed by atoms with E-state index in [0.717, 1.165) is 0 Å². The maximum absolute atomic E-state index is 11.9. The molecule has 2 rings (SSSR count). The summed E-state index contributed by atoms with van der Waals surface area (Å²) in [5.41, 5.74) is 2.50. The van der Waals surface area contributed by atoms with Crippen molar-refractivity contribution in [3.05, 3.63) is 57.5 Å². The first-order chi connectivity index (χ1) is 9.02. The Balaban J connectivity index is 2.51. The first kappa shape index (κ1) is 13.0. The predicted octanol–water partition coefficient (Wildman–Crippen LogP) is 2.54.